The fourth-order valence-corrected chi connectivity index (χ4v) is 2.28. The largest absolute Gasteiger partial charge is 0.497 e. The van der Waals surface area contributed by atoms with Crippen molar-refractivity contribution in [3.05, 3.63) is 40.9 Å². The fraction of sp³-hybridized carbons (Fsp3) is 0.385. The SMILES string of the molecule is CCCNC(c1cccc(OC)c1)c1csnn1. The van der Waals surface area contributed by atoms with Crippen molar-refractivity contribution in [2.45, 2.75) is 19.4 Å². The second-order valence-corrected chi connectivity index (χ2v) is 4.60. The minimum atomic E-state index is 0.0822. The highest BCUT2D eigenvalue weighted by atomic mass is 32.1. The lowest BCUT2D eigenvalue weighted by Gasteiger charge is -2.17. The number of hydrogen-bond acceptors (Lipinski definition) is 5. The van der Waals surface area contributed by atoms with Crippen molar-refractivity contribution < 1.29 is 4.74 Å². The molecule has 0 spiro atoms. The number of nitrogens with one attached hydrogen (secondary N) is 1. The first-order chi connectivity index (χ1) is 8.85. The Labute approximate surface area is 111 Å². The second kappa shape index (κ2) is 6.47. The van der Waals surface area contributed by atoms with Crippen LogP contribution in [0.4, 0.5) is 0 Å². The summed E-state index contributed by atoms with van der Waals surface area (Å²) in [5.41, 5.74) is 2.11. The highest BCUT2D eigenvalue weighted by Gasteiger charge is 2.16. The van der Waals surface area contributed by atoms with E-state index < -0.39 is 0 Å². The molecule has 96 valence electrons. The first kappa shape index (κ1) is 13.0. The summed E-state index contributed by atoms with van der Waals surface area (Å²) in [6.45, 7) is 3.09. The maximum atomic E-state index is 5.27. The minimum absolute atomic E-state index is 0.0822. The molecule has 0 aliphatic carbocycles. The van der Waals surface area contributed by atoms with Crippen molar-refractivity contribution in [3.63, 3.8) is 0 Å². The van der Waals surface area contributed by atoms with Crippen LogP contribution in [0, 0.1) is 0 Å². The molecule has 1 atom stereocenters. The lowest BCUT2D eigenvalue weighted by molar-refractivity contribution is 0.413. The van der Waals surface area contributed by atoms with Crippen molar-refractivity contribution in [2.24, 2.45) is 0 Å². The molecule has 0 aliphatic heterocycles. The molecule has 0 radical (unpaired) electrons. The van der Waals surface area contributed by atoms with Gasteiger partial charge in [-0.25, -0.2) is 0 Å². The Hall–Kier alpha value is -1.46. The molecule has 1 aromatic carbocycles. The Kier molecular flexibility index (Phi) is 4.66. The highest BCUT2D eigenvalue weighted by Crippen LogP contribution is 2.24. The number of benzene rings is 1. The summed E-state index contributed by atoms with van der Waals surface area (Å²) >= 11 is 1.37. The third-order valence-corrected chi connectivity index (χ3v) is 3.22. The van der Waals surface area contributed by atoms with Gasteiger partial charge in [0.05, 0.1) is 18.8 Å². The number of nitrogens with zero attached hydrogens (tertiary/aromatic N) is 2. The molecule has 1 unspecified atom stereocenters. The summed E-state index contributed by atoms with van der Waals surface area (Å²) < 4.78 is 9.21. The van der Waals surface area contributed by atoms with Crippen LogP contribution in [-0.4, -0.2) is 23.2 Å². The van der Waals surface area contributed by atoms with Gasteiger partial charge in [0.2, 0.25) is 0 Å². The van der Waals surface area contributed by atoms with E-state index in [9.17, 15) is 0 Å². The molecule has 1 heterocycles. The lowest BCUT2D eigenvalue weighted by Crippen LogP contribution is -2.23. The van der Waals surface area contributed by atoms with Crippen LogP contribution in [0.15, 0.2) is 29.6 Å². The first-order valence-electron chi connectivity index (χ1n) is 5.99. The van der Waals surface area contributed by atoms with E-state index in [-0.39, 0.29) is 6.04 Å². The molecule has 0 fully saturated rings. The van der Waals surface area contributed by atoms with Gasteiger partial charge in [-0.05, 0) is 42.2 Å². The topological polar surface area (TPSA) is 47.0 Å². The van der Waals surface area contributed by atoms with E-state index in [0.29, 0.717) is 0 Å². The maximum absolute atomic E-state index is 5.27. The van der Waals surface area contributed by atoms with Crippen LogP contribution in [0.1, 0.15) is 30.6 Å². The van der Waals surface area contributed by atoms with Crippen LogP contribution in [-0.2, 0) is 0 Å². The highest BCUT2D eigenvalue weighted by molar-refractivity contribution is 7.03. The molecule has 18 heavy (non-hydrogen) atoms. The van der Waals surface area contributed by atoms with Gasteiger partial charge in [0, 0.05) is 5.38 Å². The van der Waals surface area contributed by atoms with Gasteiger partial charge < -0.3 is 10.1 Å². The van der Waals surface area contributed by atoms with E-state index in [0.717, 1.165) is 30.0 Å². The molecule has 0 bridgehead atoms. The summed E-state index contributed by atoms with van der Waals surface area (Å²) in [7, 11) is 1.68. The van der Waals surface area contributed by atoms with E-state index in [1.165, 1.54) is 11.5 Å². The Bertz CT molecular complexity index is 473. The van der Waals surface area contributed by atoms with E-state index in [1.54, 1.807) is 7.11 Å². The fourth-order valence-electron chi connectivity index (χ4n) is 1.80. The molecule has 0 amide bonds. The van der Waals surface area contributed by atoms with E-state index in [4.69, 9.17) is 4.74 Å². The summed E-state index contributed by atoms with van der Waals surface area (Å²) in [6.07, 6.45) is 1.08. The Morgan fingerprint density at radius 3 is 3.00 bits per heavy atom. The van der Waals surface area contributed by atoms with Gasteiger partial charge in [0.1, 0.15) is 5.75 Å². The molecule has 2 aromatic rings. The monoisotopic (exact) mass is 263 g/mol. The third-order valence-electron chi connectivity index (χ3n) is 2.70. The average Bonchev–Trinajstić information content (AvgIpc) is 2.93. The molecule has 0 saturated carbocycles. The standard InChI is InChI=1S/C13H17N3OS/c1-3-7-14-13(12-9-18-16-15-12)10-5-4-6-11(8-10)17-2/h4-6,8-9,13-14H,3,7H2,1-2H3. The van der Waals surface area contributed by atoms with Crippen molar-refractivity contribution in [1.82, 2.24) is 14.9 Å². The Morgan fingerprint density at radius 2 is 2.33 bits per heavy atom. The van der Waals surface area contributed by atoms with Crippen LogP contribution in [0.2, 0.25) is 0 Å². The number of aromatic nitrogens is 2. The zero-order valence-electron chi connectivity index (χ0n) is 10.6. The molecule has 2 rings (SSSR count). The zero-order chi connectivity index (χ0) is 12.8. The Morgan fingerprint density at radius 1 is 1.44 bits per heavy atom. The van der Waals surface area contributed by atoms with Gasteiger partial charge in [-0.15, -0.1) is 5.10 Å². The molecular formula is C13H17N3OS. The average molecular weight is 263 g/mol. The molecule has 5 heteroatoms. The first-order valence-corrected chi connectivity index (χ1v) is 6.83. The van der Waals surface area contributed by atoms with Crippen LogP contribution < -0.4 is 10.1 Å². The number of ether oxygens (including phenoxy) is 1. The molecule has 0 saturated heterocycles. The van der Waals surface area contributed by atoms with Crippen molar-refractivity contribution >= 4 is 11.5 Å². The summed E-state index contributed by atoms with van der Waals surface area (Å²) in [5, 5.41) is 9.63. The molecule has 4 nitrogen and oxygen atoms in total. The Balaban J connectivity index is 2.27. The van der Waals surface area contributed by atoms with Gasteiger partial charge in [-0.3, -0.25) is 0 Å². The molecule has 1 N–H and O–H groups in total. The van der Waals surface area contributed by atoms with Crippen LogP contribution >= 0.6 is 11.5 Å². The van der Waals surface area contributed by atoms with Gasteiger partial charge >= 0.3 is 0 Å². The second-order valence-electron chi connectivity index (χ2n) is 3.99. The molecular weight excluding hydrogens is 246 g/mol. The molecule has 0 aliphatic rings. The smallest absolute Gasteiger partial charge is 0.119 e. The lowest BCUT2D eigenvalue weighted by atomic mass is 10.0. The summed E-state index contributed by atoms with van der Waals surface area (Å²) in [4.78, 5) is 0. The van der Waals surface area contributed by atoms with E-state index in [1.807, 2.05) is 23.6 Å². The number of hydrogen-bond donors (Lipinski definition) is 1. The normalized spacial score (nSPS) is 12.3. The van der Waals surface area contributed by atoms with Gasteiger partial charge in [0.25, 0.3) is 0 Å². The van der Waals surface area contributed by atoms with E-state index in [2.05, 4.69) is 27.9 Å². The number of methoxy groups -OCH3 is 1. The predicted molar refractivity (Wildman–Crippen MR) is 73.0 cm³/mol. The van der Waals surface area contributed by atoms with E-state index >= 15 is 0 Å². The van der Waals surface area contributed by atoms with Crippen LogP contribution in [0.5, 0.6) is 5.75 Å². The quantitative estimate of drug-likeness (QED) is 0.870. The van der Waals surface area contributed by atoms with Crippen molar-refractivity contribution in [3.8, 4) is 5.75 Å². The van der Waals surface area contributed by atoms with Gasteiger partial charge in [-0.2, -0.15) is 0 Å². The van der Waals surface area contributed by atoms with Gasteiger partial charge in [-0.1, -0.05) is 23.5 Å². The van der Waals surface area contributed by atoms with Crippen LogP contribution in [0.25, 0.3) is 0 Å². The van der Waals surface area contributed by atoms with Crippen molar-refractivity contribution in [1.29, 1.82) is 0 Å². The van der Waals surface area contributed by atoms with Crippen molar-refractivity contribution in [2.75, 3.05) is 13.7 Å². The minimum Gasteiger partial charge on any atom is -0.497 e. The zero-order valence-corrected chi connectivity index (χ0v) is 11.4. The maximum Gasteiger partial charge on any atom is 0.119 e. The summed E-state index contributed by atoms with van der Waals surface area (Å²) in [6, 6.07) is 8.13. The summed E-state index contributed by atoms with van der Waals surface area (Å²) in [5.74, 6) is 0.860. The third kappa shape index (κ3) is 3.05. The molecule has 1 aromatic heterocycles. The number of rotatable bonds is 6. The van der Waals surface area contributed by atoms with Crippen LogP contribution in [0.3, 0.4) is 0 Å². The van der Waals surface area contributed by atoms with Gasteiger partial charge in [0.15, 0.2) is 0 Å². The predicted octanol–water partition coefficient (Wildman–Crippen LogP) is 2.64.